The Morgan fingerprint density at radius 1 is 0.949 bits per heavy atom. The Balaban J connectivity index is 1.57. The molecule has 4 aliphatic heterocycles. The zero-order valence-corrected chi connectivity index (χ0v) is 23.9. The topological polar surface area (TPSA) is 81.2 Å². The molecule has 1 unspecified atom stereocenters. The normalized spacial score (nSPS) is 30.7. The van der Waals surface area contributed by atoms with Crippen LogP contribution in [0.25, 0.3) is 0 Å². The second-order valence-electron chi connectivity index (χ2n) is 11.2. The number of thioether (sulfide) groups is 1. The standard InChI is InChI=1S/C31H41N3O4S/c1-3-5-9-17-33-19-11-15-31-26(25-24(39-31)14-10-18-32(16-4-2)28(25)36)29(37)34(27(31)30(33)38)23(21-35)20-22-12-7-6-8-13-22/h6-8,10-15,23-27,35H,3-5,9,16-21H2,1-2H3/t23-,24+,25-,26+,27?,31+/m1/s1. The average molecular weight is 552 g/mol. The van der Waals surface area contributed by atoms with E-state index in [0.29, 0.717) is 32.6 Å². The number of fused-ring (bicyclic) bond motifs is 2. The van der Waals surface area contributed by atoms with Gasteiger partial charge in [0.05, 0.1) is 29.2 Å². The lowest BCUT2D eigenvalue weighted by molar-refractivity contribution is -0.146. The molecule has 0 bridgehead atoms. The van der Waals surface area contributed by atoms with Crippen LogP contribution in [0.4, 0.5) is 0 Å². The molecule has 2 fully saturated rings. The van der Waals surface area contributed by atoms with Crippen molar-refractivity contribution < 1.29 is 19.5 Å². The molecule has 0 aromatic heterocycles. The maximum atomic E-state index is 14.5. The van der Waals surface area contributed by atoms with Gasteiger partial charge >= 0.3 is 0 Å². The number of benzene rings is 1. The fourth-order valence-corrected chi connectivity index (χ4v) is 8.92. The first-order valence-corrected chi connectivity index (χ1v) is 15.4. The molecule has 39 heavy (non-hydrogen) atoms. The lowest BCUT2D eigenvalue weighted by Crippen LogP contribution is -2.57. The van der Waals surface area contributed by atoms with E-state index in [0.717, 1.165) is 31.2 Å². The summed E-state index contributed by atoms with van der Waals surface area (Å²) in [5.41, 5.74) is 1.00. The highest BCUT2D eigenvalue weighted by Crippen LogP contribution is 2.61. The smallest absolute Gasteiger partial charge is 0.247 e. The second kappa shape index (κ2) is 11.9. The zero-order valence-electron chi connectivity index (χ0n) is 23.1. The lowest BCUT2D eigenvalue weighted by atomic mass is 9.78. The van der Waals surface area contributed by atoms with Gasteiger partial charge in [0.1, 0.15) is 6.04 Å². The van der Waals surface area contributed by atoms with Crippen LogP contribution in [0, 0.1) is 11.8 Å². The Bertz CT molecular complexity index is 1120. The fraction of sp³-hybridized carbons (Fsp3) is 0.581. The minimum Gasteiger partial charge on any atom is -0.394 e. The van der Waals surface area contributed by atoms with E-state index in [1.54, 1.807) is 16.7 Å². The van der Waals surface area contributed by atoms with Crippen molar-refractivity contribution in [1.82, 2.24) is 14.7 Å². The van der Waals surface area contributed by atoms with Gasteiger partial charge in [-0.2, -0.15) is 0 Å². The van der Waals surface area contributed by atoms with Gasteiger partial charge in [-0.1, -0.05) is 81.3 Å². The van der Waals surface area contributed by atoms with Gasteiger partial charge in [0.25, 0.3) is 0 Å². The number of likely N-dealkylation sites (tertiary alicyclic amines) is 1. The SMILES string of the molecule is CCCCCN1CC=C[C@]23S[C@H]4C=CCN(CCC)C(=O)[C@H]4[C@H]2C(=O)N([C@@H](CO)Cc2ccccc2)C3C1=O. The molecule has 4 aliphatic rings. The molecule has 3 amide bonds. The van der Waals surface area contributed by atoms with Gasteiger partial charge in [-0.25, -0.2) is 0 Å². The minimum absolute atomic E-state index is 0.00341. The summed E-state index contributed by atoms with van der Waals surface area (Å²) < 4.78 is -0.845. The number of carbonyl (C=O) groups excluding carboxylic acids is 3. The summed E-state index contributed by atoms with van der Waals surface area (Å²) in [4.78, 5) is 48.3. The van der Waals surface area contributed by atoms with E-state index >= 15 is 0 Å². The van der Waals surface area contributed by atoms with E-state index in [-0.39, 0.29) is 29.6 Å². The Hall–Kier alpha value is -2.58. The van der Waals surface area contributed by atoms with Gasteiger partial charge < -0.3 is 19.8 Å². The minimum atomic E-state index is -0.845. The third kappa shape index (κ3) is 4.95. The van der Waals surface area contributed by atoms with Crippen molar-refractivity contribution in [3.63, 3.8) is 0 Å². The fourth-order valence-electron chi connectivity index (χ4n) is 6.93. The first kappa shape index (κ1) is 28.0. The number of hydrogen-bond acceptors (Lipinski definition) is 5. The summed E-state index contributed by atoms with van der Waals surface area (Å²) in [5.74, 6) is -1.41. The van der Waals surface area contributed by atoms with E-state index in [2.05, 4.69) is 26.0 Å². The molecule has 1 spiro atoms. The lowest BCUT2D eigenvalue weighted by Gasteiger charge is -2.38. The van der Waals surface area contributed by atoms with Gasteiger partial charge in [0, 0.05) is 31.4 Å². The van der Waals surface area contributed by atoms with Crippen molar-refractivity contribution >= 4 is 29.5 Å². The van der Waals surface area contributed by atoms with Crippen LogP contribution in [-0.2, 0) is 20.8 Å². The number of aliphatic hydroxyl groups excluding tert-OH is 1. The van der Waals surface area contributed by atoms with Crippen molar-refractivity contribution in [2.24, 2.45) is 11.8 Å². The van der Waals surface area contributed by atoms with Crippen LogP contribution in [0.5, 0.6) is 0 Å². The van der Waals surface area contributed by atoms with Crippen molar-refractivity contribution in [3.8, 4) is 0 Å². The number of rotatable bonds is 10. The van der Waals surface area contributed by atoms with Crippen LogP contribution in [0.1, 0.15) is 45.1 Å². The van der Waals surface area contributed by atoms with Crippen molar-refractivity contribution in [1.29, 1.82) is 0 Å². The van der Waals surface area contributed by atoms with Crippen LogP contribution in [0.3, 0.4) is 0 Å². The highest BCUT2D eigenvalue weighted by atomic mass is 32.2. The van der Waals surface area contributed by atoms with Crippen molar-refractivity contribution in [2.45, 2.75) is 68.0 Å². The maximum Gasteiger partial charge on any atom is 0.247 e. The molecule has 0 aliphatic carbocycles. The van der Waals surface area contributed by atoms with Gasteiger partial charge in [0.15, 0.2) is 0 Å². The molecule has 0 saturated carbocycles. The van der Waals surface area contributed by atoms with Crippen LogP contribution in [0.2, 0.25) is 0 Å². The number of hydrogen-bond donors (Lipinski definition) is 1. The molecule has 0 radical (unpaired) electrons. The monoisotopic (exact) mass is 551 g/mol. The largest absolute Gasteiger partial charge is 0.394 e. The second-order valence-corrected chi connectivity index (χ2v) is 12.7. The number of nitrogens with zero attached hydrogens (tertiary/aromatic N) is 3. The van der Waals surface area contributed by atoms with Crippen molar-refractivity contribution in [2.75, 3.05) is 32.8 Å². The summed E-state index contributed by atoms with van der Waals surface area (Å²) in [6.45, 7) is 6.28. The molecule has 1 N–H and O–H groups in total. The molecular weight excluding hydrogens is 510 g/mol. The molecule has 6 atom stereocenters. The van der Waals surface area contributed by atoms with E-state index in [4.69, 9.17) is 0 Å². The number of aliphatic hydroxyl groups is 1. The molecule has 7 nitrogen and oxygen atoms in total. The maximum absolute atomic E-state index is 14.5. The summed E-state index contributed by atoms with van der Waals surface area (Å²) >= 11 is 1.61. The zero-order chi connectivity index (χ0) is 27.6. The van der Waals surface area contributed by atoms with E-state index < -0.39 is 28.7 Å². The summed E-state index contributed by atoms with van der Waals surface area (Å²) in [6.07, 6.45) is 12.5. The van der Waals surface area contributed by atoms with Crippen molar-refractivity contribution in [3.05, 3.63) is 60.2 Å². The number of unbranched alkanes of at least 4 members (excludes halogenated alkanes) is 2. The molecule has 1 aromatic carbocycles. The Morgan fingerprint density at radius 3 is 2.41 bits per heavy atom. The molecule has 2 saturated heterocycles. The van der Waals surface area contributed by atoms with E-state index in [1.807, 2.05) is 52.3 Å². The molecule has 5 rings (SSSR count). The average Bonchev–Trinajstić information content (AvgIpc) is 3.27. The first-order chi connectivity index (χ1) is 19.0. The summed E-state index contributed by atoms with van der Waals surface area (Å²) in [6, 6.07) is 8.49. The highest BCUT2D eigenvalue weighted by molar-refractivity contribution is 8.02. The Morgan fingerprint density at radius 2 is 1.69 bits per heavy atom. The van der Waals surface area contributed by atoms with Crippen LogP contribution in [0.15, 0.2) is 54.6 Å². The van der Waals surface area contributed by atoms with Crippen LogP contribution < -0.4 is 0 Å². The molecular formula is C31H41N3O4S. The molecule has 1 aromatic rings. The third-order valence-corrected chi connectivity index (χ3v) is 10.5. The molecule has 8 heteroatoms. The number of carbonyl (C=O) groups is 3. The van der Waals surface area contributed by atoms with E-state index in [1.165, 1.54) is 0 Å². The summed E-state index contributed by atoms with van der Waals surface area (Å²) in [5, 5.41) is 10.5. The van der Waals surface area contributed by atoms with Gasteiger partial charge in [-0.15, -0.1) is 11.8 Å². The predicted molar refractivity (Wildman–Crippen MR) is 154 cm³/mol. The third-order valence-electron chi connectivity index (χ3n) is 8.71. The summed E-state index contributed by atoms with van der Waals surface area (Å²) in [7, 11) is 0. The molecule has 4 heterocycles. The predicted octanol–water partition coefficient (Wildman–Crippen LogP) is 3.28. The number of amides is 3. The Labute approximate surface area is 236 Å². The highest BCUT2D eigenvalue weighted by Gasteiger charge is 2.71. The Kier molecular flexibility index (Phi) is 8.52. The van der Waals surface area contributed by atoms with Gasteiger partial charge in [-0.05, 0) is 24.8 Å². The molecule has 210 valence electrons. The van der Waals surface area contributed by atoms with Crippen LogP contribution >= 0.6 is 11.8 Å². The van der Waals surface area contributed by atoms with Gasteiger partial charge in [-0.3, -0.25) is 14.4 Å². The van der Waals surface area contributed by atoms with Gasteiger partial charge in [0.2, 0.25) is 17.7 Å². The first-order valence-electron chi connectivity index (χ1n) is 14.5. The quantitative estimate of drug-likeness (QED) is 0.357. The van der Waals surface area contributed by atoms with E-state index in [9.17, 15) is 19.5 Å². The van der Waals surface area contributed by atoms with Crippen LogP contribution in [-0.4, -0.2) is 92.4 Å².